The van der Waals surface area contributed by atoms with E-state index < -0.39 is 0 Å². The Hall–Kier alpha value is -1.43. The molecule has 0 aliphatic rings. The van der Waals surface area contributed by atoms with E-state index in [1.165, 1.54) is 11.8 Å². The van der Waals surface area contributed by atoms with Crippen LogP contribution in [0.5, 0.6) is 0 Å². The van der Waals surface area contributed by atoms with E-state index in [2.05, 4.69) is 31.0 Å². The summed E-state index contributed by atoms with van der Waals surface area (Å²) in [5.41, 5.74) is 1.54. The van der Waals surface area contributed by atoms with Crippen molar-refractivity contribution >= 4 is 32.9 Å². The van der Waals surface area contributed by atoms with Gasteiger partial charge in [0.2, 0.25) is 0 Å². The highest BCUT2D eigenvalue weighted by Crippen LogP contribution is 2.21. The molecule has 0 spiro atoms. The maximum atomic E-state index is 11.1. The molecule has 6 heteroatoms. The van der Waals surface area contributed by atoms with Crippen LogP contribution in [0.1, 0.15) is 0 Å². The number of rotatable bonds is 2. The average Bonchev–Trinajstić information content (AvgIpc) is 2.63. The van der Waals surface area contributed by atoms with E-state index in [1.807, 2.05) is 18.2 Å². The van der Waals surface area contributed by atoms with Crippen LogP contribution >= 0.6 is 15.9 Å². The highest BCUT2D eigenvalue weighted by atomic mass is 79.9. The molecule has 0 aliphatic heterocycles. The fourth-order valence-corrected chi connectivity index (χ4v) is 1.84. The van der Waals surface area contributed by atoms with Gasteiger partial charge in [-0.25, -0.2) is 4.68 Å². The van der Waals surface area contributed by atoms with Crippen molar-refractivity contribution in [1.29, 1.82) is 0 Å². The third-order valence-electron chi connectivity index (χ3n) is 1.99. The normalized spacial score (nSPS) is 10.5. The van der Waals surface area contributed by atoms with Crippen LogP contribution in [0.15, 0.2) is 22.7 Å². The zero-order valence-corrected chi connectivity index (χ0v) is 9.56. The quantitative estimate of drug-likeness (QED) is 0.773. The van der Waals surface area contributed by atoms with Gasteiger partial charge in [0.05, 0.1) is 7.11 Å². The lowest BCUT2D eigenvalue weighted by Crippen LogP contribution is -2.12. The first kappa shape index (κ1) is 10.1. The summed E-state index contributed by atoms with van der Waals surface area (Å²) in [6.07, 6.45) is 0. The number of nitrogens with zero attached hydrogens (tertiary/aromatic N) is 3. The van der Waals surface area contributed by atoms with E-state index in [0.717, 1.165) is 15.5 Å². The van der Waals surface area contributed by atoms with Gasteiger partial charge in [-0.3, -0.25) is 4.79 Å². The number of fused-ring (bicyclic) bond motifs is 1. The Labute approximate surface area is 94.1 Å². The van der Waals surface area contributed by atoms with E-state index in [4.69, 9.17) is 0 Å². The van der Waals surface area contributed by atoms with Gasteiger partial charge >= 0.3 is 5.97 Å². The molecule has 15 heavy (non-hydrogen) atoms. The molecule has 1 aromatic carbocycles. The molecule has 0 aliphatic carbocycles. The molecule has 5 nitrogen and oxygen atoms in total. The molecule has 1 aromatic heterocycles. The zero-order chi connectivity index (χ0) is 10.8. The minimum atomic E-state index is -0.349. The Bertz CT molecular complexity index is 509. The molecular formula is C9H8BrN3O2. The number of halogens is 1. The Balaban J connectivity index is 2.48. The van der Waals surface area contributed by atoms with Gasteiger partial charge in [0.1, 0.15) is 17.6 Å². The van der Waals surface area contributed by atoms with Gasteiger partial charge in [-0.05, 0) is 28.1 Å². The Morgan fingerprint density at radius 2 is 2.40 bits per heavy atom. The molecule has 0 saturated carbocycles. The van der Waals surface area contributed by atoms with E-state index >= 15 is 0 Å². The van der Waals surface area contributed by atoms with Crippen molar-refractivity contribution < 1.29 is 9.53 Å². The molecule has 0 bridgehead atoms. The van der Waals surface area contributed by atoms with E-state index in [1.54, 1.807) is 0 Å². The second kappa shape index (κ2) is 3.98. The first-order valence-electron chi connectivity index (χ1n) is 4.27. The van der Waals surface area contributed by atoms with Crippen LogP contribution < -0.4 is 0 Å². The SMILES string of the molecule is COC(=O)Cn1nnc2cccc(Br)c21. The van der Waals surface area contributed by atoms with Crippen LogP contribution in [0, 0.1) is 0 Å². The number of methoxy groups -OCH3 is 1. The summed E-state index contributed by atoms with van der Waals surface area (Å²) >= 11 is 3.39. The predicted octanol–water partition coefficient (Wildman–Crippen LogP) is 1.37. The van der Waals surface area contributed by atoms with Crippen molar-refractivity contribution in [3.63, 3.8) is 0 Å². The molecule has 0 radical (unpaired) electrons. The van der Waals surface area contributed by atoms with Crippen LogP contribution in [0.3, 0.4) is 0 Å². The van der Waals surface area contributed by atoms with Gasteiger partial charge in [0.15, 0.2) is 0 Å². The minimum absolute atomic E-state index is 0.0651. The smallest absolute Gasteiger partial charge is 0.327 e. The standard InChI is InChI=1S/C9H8BrN3O2/c1-15-8(14)5-13-9-6(10)3-2-4-7(9)11-12-13/h2-4H,5H2,1H3. The maximum Gasteiger partial charge on any atom is 0.327 e. The third-order valence-corrected chi connectivity index (χ3v) is 2.63. The van der Waals surface area contributed by atoms with Crippen LogP contribution in [0.2, 0.25) is 0 Å². The molecule has 2 aromatic rings. The van der Waals surface area contributed by atoms with Crippen molar-refractivity contribution in [2.24, 2.45) is 0 Å². The summed E-state index contributed by atoms with van der Waals surface area (Å²) < 4.78 is 6.93. The third kappa shape index (κ3) is 1.85. The van der Waals surface area contributed by atoms with Crippen molar-refractivity contribution in [3.05, 3.63) is 22.7 Å². The summed E-state index contributed by atoms with van der Waals surface area (Å²) in [4.78, 5) is 11.1. The summed E-state index contributed by atoms with van der Waals surface area (Å²) in [5.74, 6) is -0.349. The molecule has 0 saturated heterocycles. The first-order chi connectivity index (χ1) is 7.22. The lowest BCUT2D eigenvalue weighted by Gasteiger charge is -2.01. The Morgan fingerprint density at radius 1 is 1.60 bits per heavy atom. The molecule has 0 unspecified atom stereocenters. The predicted molar refractivity (Wildman–Crippen MR) is 57.2 cm³/mol. The number of carbonyl (C=O) groups is 1. The van der Waals surface area contributed by atoms with E-state index in [0.29, 0.717) is 0 Å². The molecule has 78 valence electrons. The van der Waals surface area contributed by atoms with Crippen LogP contribution in [0.4, 0.5) is 0 Å². The van der Waals surface area contributed by atoms with Gasteiger partial charge in [0, 0.05) is 4.47 Å². The van der Waals surface area contributed by atoms with Gasteiger partial charge in [-0.15, -0.1) is 5.10 Å². The maximum absolute atomic E-state index is 11.1. The van der Waals surface area contributed by atoms with Gasteiger partial charge in [-0.2, -0.15) is 0 Å². The molecule has 1 heterocycles. The van der Waals surface area contributed by atoms with Gasteiger partial charge in [-0.1, -0.05) is 11.3 Å². The van der Waals surface area contributed by atoms with Gasteiger partial charge in [0.25, 0.3) is 0 Å². The summed E-state index contributed by atoms with van der Waals surface area (Å²) in [6.45, 7) is 0.0651. The average molecular weight is 270 g/mol. The number of carbonyl (C=O) groups excluding carboxylic acids is 1. The molecule has 0 N–H and O–H groups in total. The fraction of sp³-hybridized carbons (Fsp3) is 0.222. The van der Waals surface area contributed by atoms with Crippen molar-refractivity contribution in [2.45, 2.75) is 6.54 Å². The first-order valence-corrected chi connectivity index (χ1v) is 5.06. The second-order valence-corrected chi connectivity index (χ2v) is 3.79. The summed E-state index contributed by atoms with van der Waals surface area (Å²) in [5, 5.41) is 7.82. The number of aromatic nitrogens is 3. The number of ether oxygens (including phenoxy) is 1. The Morgan fingerprint density at radius 3 is 3.13 bits per heavy atom. The molecule has 0 atom stereocenters. The molecular weight excluding hydrogens is 262 g/mol. The summed E-state index contributed by atoms with van der Waals surface area (Å²) in [7, 11) is 1.34. The van der Waals surface area contributed by atoms with Crippen LogP contribution in [-0.4, -0.2) is 28.1 Å². The summed E-state index contributed by atoms with van der Waals surface area (Å²) in [6, 6.07) is 5.57. The number of benzene rings is 1. The number of esters is 1. The number of hydrogen-bond donors (Lipinski definition) is 0. The van der Waals surface area contributed by atoms with Crippen LogP contribution in [0.25, 0.3) is 11.0 Å². The lowest BCUT2D eigenvalue weighted by molar-refractivity contribution is -0.141. The van der Waals surface area contributed by atoms with Crippen LogP contribution in [-0.2, 0) is 16.1 Å². The molecule has 0 fully saturated rings. The topological polar surface area (TPSA) is 57.0 Å². The number of para-hydroxylation sites is 1. The van der Waals surface area contributed by atoms with Crippen molar-refractivity contribution in [3.8, 4) is 0 Å². The van der Waals surface area contributed by atoms with Crippen molar-refractivity contribution in [2.75, 3.05) is 7.11 Å². The Kier molecular flexibility index (Phi) is 2.68. The van der Waals surface area contributed by atoms with Gasteiger partial charge < -0.3 is 4.74 Å². The highest BCUT2D eigenvalue weighted by molar-refractivity contribution is 9.10. The second-order valence-electron chi connectivity index (χ2n) is 2.93. The van der Waals surface area contributed by atoms with E-state index in [-0.39, 0.29) is 12.5 Å². The molecule has 2 rings (SSSR count). The van der Waals surface area contributed by atoms with E-state index in [9.17, 15) is 4.79 Å². The van der Waals surface area contributed by atoms with Crippen molar-refractivity contribution in [1.82, 2.24) is 15.0 Å². The fourth-order valence-electron chi connectivity index (χ4n) is 1.28. The highest BCUT2D eigenvalue weighted by Gasteiger charge is 2.10. The number of hydrogen-bond acceptors (Lipinski definition) is 4. The minimum Gasteiger partial charge on any atom is -0.468 e. The lowest BCUT2D eigenvalue weighted by atomic mass is 10.3. The molecule has 0 amide bonds. The monoisotopic (exact) mass is 269 g/mol. The zero-order valence-electron chi connectivity index (χ0n) is 7.98. The largest absolute Gasteiger partial charge is 0.468 e.